The van der Waals surface area contributed by atoms with Gasteiger partial charge in [0.15, 0.2) is 0 Å². The Morgan fingerprint density at radius 3 is 2.80 bits per heavy atom. The largest absolute Gasteiger partial charge is 0.497 e. The molecular formula is C21H20N4O5. The Labute approximate surface area is 172 Å². The van der Waals surface area contributed by atoms with E-state index in [1.165, 1.54) is 18.2 Å². The third kappa shape index (κ3) is 4.00. The number of methoxy groups -OCH3 is 1. The van der Waals surface area contributed by atoms with Crippen molar-refractivity contribution in [3.05, 3.63) is 70.1 Å². The summed E-state index contributed by atoms with van der Waals surface area (Å²) in [6, 6.07) is 13.1. The minimum Gasteiger partial charge on any atom is -0.497 e. The first kappa shape index (κ1) is 19.6. The average Bonchev–Trinajstić information content (AvgIpc) is 3.29. The predicted molar refractivity (Wildman–Crippen MR) is 107 cm³/mol. The number of ether oxygens (including phenoxy) is 1. The van der Waals surface area contributed by atoms with Gasteiger partial charge in [-0.1, -0.05) is 11.2 Å². The third-order valence-corrected chi connectivity index (χ3v) is 5.15. The number of benzene rings is 2. The van der Waals surface area contributed by atoms with Crippen molar-refractivity contribution in [1.82, 2.24) is 15.0 Å². The van der Waals surface area contributed by atoms with Crippen LogP contribution in [0.2, 0.25) is 0 Å². The number of likely N-dealkylation sites (tertiary alicyclic amines) is 1. The number of hydrogen-bond donors (Lipinski definition) is 0. The molecule has 1 aromatic heterocycles. The SMILES string of the molecule is COc1ccc(-c2noc(C3CCCN(C(=O)c4cccc([N+](=O)[O-])c4)C3)n2)cc1. The Kier molecular flexibility index (Phi) is 5.42. The Hall–Kier alpha value is -3.75. The quantitative estimate of drug-likeness (QED) is 0.468. The van der Waals surface area contributed by atoms with Crippen LogP contribution in [-0.4, -0.2) is 46.1 Å². The Balaban J connectivity index is 1.49. The summed E-state index contributed by atoms with van der Waals surface area (Å²) in [6.45, 7) is 1.00. The zero-order valence-corrected chi connectivity index (χ0v) is 16.4. The lowest BCUT2D eigenvalue weighted by Crippen LogP contribution is -2.39. The minimum absolute atomic E-state index is 0.0825. The standard InChI is InChI=1S/C21H20N4O5/c1-29-18-9-7-14(8-10-18)19-22-20(30-23-19)16-5-3-11-24(13-16)21(26)15-4-2-6-17(12-15)25(27)28/h2,4,6-10,12,16H,3,5,11,13H2,1H3. The molecule has 2 heterocycles. The Morgan fingerprint density at radius 2 is 2.07 bits per heavy atom. The van der Waals surface area contributed by atoms with Gasteiger partial charge in [-0.3, -0.25) is 14.9 Å². The molecule has 2 aromatic carbocycles. The summed E-state index contributed by atoms with van der Waals surface area (Å²) in [5.74, 6) is 1.39. The Morgan fingerprint density at radius 1 is 1.27 bits per heavy atom. The summed E-state index contributed by atoms with van der Waals surface area (Å²) in [6.07, 6.45) is 1.61. The summed E-state index contributed by atoms with van der Waals surface area (Å²) < 4.78 is 10.6. The van der Waals surface area contributed by atoms with E-state index < -0.39 is 4.92 Å². The van der Waals surface area contributed by atoms with Gasteiger partial charge in [-0.15, -0.1) is 0 Å². The normalized spacial score (nSPS) is 16.3. The van der Waals surface area contributed by atoms with Crippen LogP contribution < -0.4 is 4.74 Å². The second-order valence-electron chi connectivity index (χ2n) is 7.08. The van der Waals surface area contributed by atoms with Crippen molar-refractivity contribution in [3.8, 4) is 17.1 Å². The average molecular weight is 408 g/mol. The maximum atomic E-state index is 12.9. The molecule has 0 radical (unpaired) electrons. The highest BCUT2D eigenvalue weighted by molar-refractivity contribution is 5.95. The molecule has 3 aromatic rings. The summed E-state index contributed by atoms with van der Waals surface area (Å²) in [7, 11) is 1.60. The van der Waals surface area contributed by atoms with Crippen LogP contribution in [0.4, 0.5) is 5.69 Å². The third-order valence-electron chi connectivity index (χ3n) is 5.15. The molecule has 30 heavy (non-hydrogen) atoms. The highest BCUT2D eigenvalue weighted by atomic mass is 16.6. The van der Waals surface area contributed by atoms with Crippen LogP contribution in [-0.2, 0) is 0 Å². The lowest BCUT2D eigenvalue weighted by Gasteiger charge is -2.31. The van der Waals surface area contributed by atoms with Crippen molar-refractivity contribution in [1.29, 1.82) is 0 Å². The lowest BCUT2D eigenvalue weighted by molar-refractivity contribution is -0.384. The molecule has 0 N–H and O–H groups in total. The zero-order chi connectivity index (χ0) is 21.1. The molecule has 0 saturated carbocycles. The number of aromatic nitrogens is 2. The van der Waals surface area contributed by atoms with Gasteiger partial charge in [0.1, 0.15) is 5.75 Å². The number of carbonyl (C=O) groups excluding carboxylic acids is 1. The van der Waals surface area contributed by atoms with E-state index in [0.717, 1.165) is 24.2 Å². The molecule has 1 aliphatic heterocycles. The van der Waals surface area contributed by atoms with Crippen LogP contribution in [0.1, 0.15) is 35.0 Å². The first-order chi connectivity index (χ1) is 14.5. The van der Waals surface area contributed by atoms with Gasteiger partial charge in [-0.25, -0.2) is 0 Å². The van der Waals surface area contributed by atoms with Crippen LogP contribution in [0.15, 0.2) is 53.1 Å². The second kappa shape index (κ2) is 8.32. The van der Waals surface area contributed by atoms with Gasteiger partial charge >= 0.3 is 0 Å². The van der Waals surface area contributed by atoms with Crippen molar-refractivity contribution >= 4 is 11.6 Å². The summed E-state index contributed by atoms with van der Waals surface area (Å²) >= 11 is 0. The molecule has 9 nitrogen and oxygen atoms in total. The first-order valence-corrected chi connectivity index (χ1v) is 9.57. The number of nitrogens with zero attached hydrogens (tertiary/aromatic N) is 4. The molecule has 1 atom stereocenters. The predicted octanol–water partition coefficient (Wildman–Crippen LogP) is 3.67. The molecule has 0 aliphatic carbocycles. The molecule has 1 fully saturated rings. The maximum absolute atomic E-state index is 12.9. The molecule has 1 unspecified atom stereocenters. The van der Waals surface area contributed by atoms with Crippen LogP contribution in [0.3, 0.4) is 0 Å². The maximum Gasteiger partial charge on any atom is 0.270 e. The van der Waals surface area contributed by atoms with Gasteiger partial charge in [-0.05, 0) is 43.2 Å². The topological polar surface area (TPSA) is 112 Å². The van der Waals surface area contributed by atoms with E-state index in [1.807, 2.05) is 24.3 Å². The van der Waals surface area contributed by atoms with E-state index in [2.05, 4.69) is 10.1 Å². The fourth-order valence-corrected chi connectivity index (χ4v) is 3.56. The van der Waals surface area contributed by atoms with Crippen LogP contribution >= 0.6 is 0 Å². The van der Waals surface area contributed by atoms with E-state index in [9.17, 15) is 14.9 Å². The van der Waals surface area contributed by atoms with Gasteiger partial charge < -0.3 is 14.2 Å². The second-order valence-corrected chi connectivity index (χ2v) is 7.08. The van der Waals surface area contributed by atoms with Crippen LogP contribution in [0, 0.1) is 10.1 Å². The van der Waals surface area contributed by atoms with Gasteiger partial charge in [-0.2, -0.15) is 4.98 Å². The van der Waals surface area contributed by atoms with E-state index in [1.54, 1.807) is 18.1 Å². The van der Waals surface area contributed by atoms with E-state index >= 15 is 0 Å². The number of amides is 1. The first-order valence-electron chi connectivity index (χ1n) is 9.57. The van der Waals surface area contributed by atoms with Crippen molar-refractivity contribution in [2.24, 2.45) is 0 Å². The smallest absolute Gasteiger partial charge is 0.270 e. The fraction of sp³-hybridized carbons (Fsp3) is 0.286. The minimum atomic E-state index is -0.505. The van der Waals surface area contributed by atoms with Gasteiger partial charge in [0.2, 0.25) is 11.7 Å². The van der Waals surface area contributed by atoms with Crippen molar-refractivity contribution in [3.63, 3.8) is 0 Å². The summed E-state index contributed by atoms with van der Waals surface area (Å²) in [5.41, 5.74) is 1.01. The molecule has 1 amide bonds. The highest BCUT2D eigenvalue weighted by Gasteiger charge is 2.29. The number of nitro groups is 1. The van der Waals surface area contributed by atoms with Crippen LogP contribution in [0.5, 0.6) is 5.75 Å². The molecule has 9 heteroatoms. The van der Waals surface area contributed by atoms with Crippen molar-refractivity contribution in [2.45, 2.75) is 18.8 Å². The number of carbonyl (C=O) groups is 1. The molecule has 0 spiro atoms. The lowest BCUT2D eigenvalue weighted by atomic mass is 9.97. The van der Waals surface area contributed by atoms with Gasteiger partial charge in [0.05, 0.1) is 18.0 Å². The van der Waals surface area contributed by atoms with E-state index in [-0.39, 0.29) is 17.5 Å². The molecule has 154 valence electrons. The molecule has 4 rings (SSSR count). The number of rotatable bonds is 5. The van der Waals surface area contributed by atoms with Crippen LogP contribution in [0.25, 0.3) is 11.4 Å². The highest BCUT2D eigenvalue weighted by Crippen LogP contribution is 2.29. The number of hydrogen-bond acceptors (Lipinski definition) is 7. The van der Waals surface area contributed by atoms with Crippen molar-refractivity contribution in [2.75, 3.05) is 20.2 Å². The fourth-order valence-electron chi connectivity index (χ4n) is 3.56. The summed E-state index contributed by atoms with van der Waals surface area (Å²) in [4.78, 5) is 29.6. The monoisotopic (exact) mass is 408 g/mol. The molecule has 1 saturated heterocycles. The molecule has 0 bridgehead atoms. The molecular weight excluding hydrogens is 388 g/mol. The van der Waals surface area contributed by atoms with Gasteiger partial charge in [0.25, 0.3) is 11.6 Å². The number of piperidine rings is 1. The number of nitro benzene ring substituents is 1. The van der Waals surface area contributed by atoms with Gasteiger partial charge in [0, 0.05) is 36.3 Å². The zero-order valence-electron chi connectivity index (χ0n) is 16.4. The van der Waals surface area contributed by atoms with E-state index in [4.69, 9.17) is 9.26 Å². The molecule has 1 aliphatic rings. The van der Waals surface area contributed by atoms with E-state index in [0.29, 0.717) is 30.4 Å². The summed E-state index contributed by atoms with van der Waals surface area (Å²) in [5, 5.41) is 15.1. The Bertz CT molecular complexity index is 1060. The number of non-ortho nitro benzene ring substituents is 1. The van der Waals surface area contributed by atoms with Crippen molar-refractivity contribution < 1.29 is 19.0 Å².